The number of rotatable bonds is 8. The molecule has 6 heteroatoms. The van der Waals surface area contributed by atoms with Crippen molar-refractivity contribution < 1.29 is 4.42 Å². The van der Waals surface area contributed by atoms with Crippen molar-refractivity contribution in [2.24, 2.45) is 12.0 Å². The van der Waals surface area contributed by atoms with Crippen LogP contribution in [0.2, 0.25) is 0 Å². The highest BCUT2D eigenvalue weighted by molar-refractivity contribution is 5.79. The van der Waals surface area contributed by atoms with Gasteiger partial charge in [0.25, 0.3) is 0 Å². The van der Waals surface area contributed by atoms with Crippen molar-refractivity contribution in [3.05, 3.63) is 83.6 Å². The molecule has 0 bridgehead atoms. The molecular weight excluding hydrogens is 362 g/mol. The lowest BCUT2D eigenvalue weighted by Crippen LogP contribution is -2.38. The highest BCUT2D eigenvalue weighted by atomic mass is 16.3. The van der Waals surface area contributed by atoms with Crippen molar-refractivity contribution in [1.29, 1.82) is 0 Å². The van der Waals surface area contributed by atoms with Gasteiger partial charge in [0.1, 0.15) is 5.76 Å². The summed E-state index contributed by atoms with van der Waals surface area (Å²) in [7, 11) is 8.06. The molecule has 3 rings (SSSR count). The van der Waals surface area contributed by atoms with Gasteiger partial charge < -0.3 is 19.2 Å². The second-order valence-corrected chi connectivity index (χ2v) is 7.39. The van der Waals surface area contributed by atoms with Crippen LogP contribution in [0, 0.1) is 0 Å². The van der Waals surface area contributed by atoms with E-state index in [1.807, 2.05) is 19.2 Å². The Morgan fingerprint density at radius 1 is 1.00 bits per heavy atom. The minimum Gasteiger partial charge on any atom is -0.468 e. The quantitative estimate of drug-likeness (QED) is 0.470. The number of aliphatic imine (C=N–C) groups is 1. The van der Waals surface area contributed by atoms with Crippen molar-refractivity contribution in [2.45, 2.75) is 26.2 Å². The van der Waals surface area contributed by atoms with Gasteiger partial charge in [-0.25, -0.2) is 0 Å². The van der Waals surface area contributed by atoms with Crippen LogP contribution in [0.15, 0.2) is 70.4 Å². The van der Waals surface area contributed by atoms with E-state index in [4.69, 9.17) is 4.42 Å². The lowest BCUT2D eigenvalue weighted by molar-refractivity contribution is 0.287. The number of aryl methyl sites for hydroxylation is 1. The lowest BCUT2D eigenvalue weighted by atomic mass is 10.1. The molecule has 0 unspecified atom stereocenters. The summed E-state index contributed by atoms with van der Waals surface area (Å²) < 4.78 is 7.60. The Morgan fingerprint density at radius 3 is 2.45 bits per heavy atom. The first kappa shape index (κ1) is 20.7. The van der Waals surface area contributed by atoms with Crippen LogP contribution in [0.1, 0.15) is 22.6 Å². The molecule has 0 aliphatic rings. The summed E-state index contributed by atoms with van der Waals surface area (Å²) in [6.07, 6.45) is 3.79. The SMILES string of the molecule is CN=C(NCc1ccccc1CN(C)Cc1ccco1)N(C)Cc1cccn1C. The largest absolute Gasteiger partial charge is 0.468 e. The van der Waals surface area contributed by atoms with E-state index in [1.54, 1.807) is 6.26 Å². The van der Waals surface area contributed by atoms with E-state index in [2.05, 4.69) is 88.4 Å². The highest BCUT2D eigenvalue weighted by Crippen LogP contribution is 2.14. The summed E-state index contributed by atoms with van der Waals surface area (Å²) in [6, 6.07) is 16.7. The van der Waals surface area contributed by atoms with E-state index in [-0.39, 0.29) is 0 Å². The molecular formula is C23H31N5O. The van der Waals surface area contributed by atoms with Crippen LogP contribution in [-0.4, -0.2) is 41.5 Å². The van der Waals surface area contributed by atoms with E-state index in [9.17, 15) is 0 Å². The van der Waals surface area contributed by atoms with Gasteiger partial charge in [0.15, 0.2) is 5.96 Å². The molecule has 0 fully saturated rings. The zero-order chi connectivity index (χ0) is 20.6. The monoisotopic (exact) mass is 393 g/mol. The number of benzene rings is 1. The Bertz CT molecular complexity index is 913. The van der Waals surface area contributed by atoms with Crippen LogP contribution in [-0.2, 0) is 33.2 Å². The number of hydrogen-bond acceptors (Lipinski definition) is 3. The van der Waals surface area contributed by atoms with Crippen molar-refractivity contribution in [1.82, 2.24) is 19.7 Å². The fourth-order valence-corrected chi connectivity index (χ4v) is 3.44. The zero-order valence-electron chi connectivity index (χ0n) is 17.8. The molecule has 2 heterocycles. The number of guanidine groups is 1. The number of aromatic nitrogens is 1. The molecule has 3 aromatic rings. The van der Waals surface area contributed by atoms with Crippen molar-refractivity contribution in [3.63, 3.8) is 0 Å². The highest BCUT2D eigenvalue weighted by Gasteiger charge is 2.11. The van der Waals surface area contributed by atoms with Crippen molar-refractivity contribution >= 4 is 5.96 Å². The maximum absolute atomic E-state index is 5.47. The third-order valence-electron chi connectivity index (χ3n) is 5.03. The average Bonchev–Trinajstić information content (AvgIpc) is 3.35. The van der Waals surface area contributed by atoms with Gasteiger partial charge >= 0.3 is 0 Å². The van der Waals surface area contributed by atoms with Gasteiger partial charge in [-0.15, -0.1) is 0 Å². The molecule has 29 heavy (non-hydrogen) atoms. The lowest BCUT2D eigenvalue weighted by Gasteiger charge is -2.23. The van der Waals surface area contributed by atoms with Gasteiger partial charge in [0.2, 0.25) is 0 Å². The van der Waals surface area contributed by atoms with E-state index in [1.165, 1.54) is 16.8 Å². The zero-order valence-corrected chi connectivity index (χ0v) is 17.8. The summed E-state index contributed by atoms with van der Waals surface area (Å²) in [5.74, 6) is 1.86. The second kappa shape index (κ2) is 9.98. The molecule has 0 amide bonds. The van der Waals surface area contributed by atoms with Crippen LogP contribution >= 0.6 is 0 Å². The van der Waals surface area contributed by atoms with Crippen LogP contribution in [0.4, 0.5) is 0 Å². The predicted molar refractivity (Wildman–Crippen MR) is 117 cm³/mol. The van der Waals surface area contributed by atoms with Crippen LogP contribution in [0.5, 0.6) is 0 Å². The molecule has 1 aromatic carbocycles. The van der Waals surface area contributed by atoms with Gasteiger partial charge in [-0.1, -0.05) is 24.3 Å². The Hall–Kier alpha value is -2.99. The minimum absolute atomic E-state index is 0.731. The molecule has 0 spiro atoms. The third kappa shape index (κ3) is 5.74. The van der Waals surface area contributed by atoms with Gasteiger partial charge in [0.05, 0.1) is 19.4 Å². The third-order valence-corrected chi connectivity index (χ3v) is 5.03. The molecule has 0 radical (unpaired) electrons. The Kier molecular flexibility index (Phi) is 7.14. The summed E-state index contributed by atoms with van der Waals surface area (Å²) in [4.78, 5) is 8.85. The van der Waals surface area contributed by atoms with Gasteiger partial charge in [-0.05, 0) is 42.4 Å². The molecule has 2 aromatic heterocycles. The van der Waals surface area contributed by atoms with E-state index in [0.717, 1.165) is 37.9 Å². The minimum atomic E-state index is 0.731. The summed E-state index contributed by atoms with van der Waals surface area (Å²) in [6.45, 7) is 3.18. The molecule has 1 N–H and O–H groups in total. The fraction of sp³-hybridized carbons (Fsp3) is 0.348. The molecule has 0 saturated carbocycles. The van der Waals surface area contributed by atoms with Crippen LogP contribution in [0.3, 0.4) is 0 Å². The molecule has 0 aliphatic carbocycles. The van der Waals surface area contributed by atoms with E-state index < -0.39 is 0 Å². The first-order valence-electron chi connectivity index (χ1n) is 9.86. The smallest absolute Gasteiger partial charge is 0.194 e. The number of furan rings is 1. The van der Waals surface area contributed by atoms with Gasteiger partial charge in [0, 0.05) is 46.1 Å². The van der Waals surface area contributed by atoms with Crippen molar-refractivity contribution in [2.75, 3.05) is 21.1 Å². The predicted octanol–water partition coefficient (Wildman–Crippen LogP) is 3.46. The van der Waals surface area contributed by atoms with Crippen LogP contribution < -0.4 is 5.32 Å². The first-order chi connectivity index (χ1) is 14.1. The van der Waals surface area contributed by atoms with E-state index in [0.29, 0.717) is 0 Å². The van der Waals surface area contributed by atoms with Crippen molar-refractivity contribution in [3.8, 4) is 0 Å². The fourth-order valence-electron chi connectivity index (χ4n) is 3.44. The normalized spacial score (nSPS) is 11.8. The van der Waals surface area contributed by atoms with Gasteiger partial charge in [-0.3, -0.25) is 9.89 Å². The molecule has 0 aliphatic heterocycles. The summed E-state index contributed by atoms with van der Waals surface area (Å²) >= 11 is 0. The topological polar surface area (TPSA) is 48.9 Å². The number of nitrogens with zero attached hydrogens (tertiary/aromatic N) is 4. The summed E-state index contributed by atoms with van der Waals surface area (Å²) in [5.41, 5.74) is 3.82. The van der Waals surface area contributed by atoms with E-state index >= 15 is 0 Å². The first-order valence-corrected chi connectivity index (χ1v) is 9.86. The number of nitrogens with one attached hydrogen (secondary N) is 1. The standard InChI is InChI=1S/C23H31N5O/c1-24-23(28(4)17-21-11-7-13-27(21)3)25-15-19-9-5-6-10-20(19)16-26(2)18-22-12-8-14-29-22/h5-14H,15-18H2,1-4H3,(H,24,25). The van der Waals surface area contributed by atoms with Crippen LogP contribution in [0.25, 0.3) is 0 Å². The van der Waals surface area contributed by atoms with Gasteiger partial charge in [-0.2, -0.15) is 0 Å². The Morgan fingerprint density at radius 2 is 1.79 bits per heavy atom. The molecule has 0 atom stereocenters. The second-order valence-electron chi connectivity index (χ2n) is 7.39. The molecule has 154 valence electrons. The molecule has 0 saturated heterocycles. The Labute approximate surface area is 173 Å². The molecule has 6 nitrogen and oxygen atoms in total. The maximum atomic E-state index is 5.47. The maximum Gasteiger partial charge on any atom is 0.194 e. The number of hydrogen-bond donors (Lipinski definition) is 1. The average molecular weight is 394 g/mol. The Balaban J connectivity index is 1.60. The summed E-state index contributed by atoms with van der Waals surface area (Å²) in [5, 5.41) is 3.51.